The van der Waals surface area contributed by atoms with Gasteiger partial charge in [-0.1, -0.05) is 26.0 Å². The smallest absolute Gasteiger partial charge is 0.159 e. The summed E-state index contributed by atoms with van der Waals surface area (Å²) >= 11 is 1.67. The van der Waals surface area contributed by atoms with Gasteiger partial charge in [0.05, 0.1) is 10.7 Å². The number of thiazole rings is 1. The van der Waals surface area contributed by atoms with Gasteiger partial charge in [-0.15, -0.1) is 11.3 Å². The Morgan fingerprint density at radius 1 is 1.09 bits per heavy atom. The molecule has 1 saturated heterocycles. The molecule has 0 spiro atoms. The van der Waals surface area contributed by atoms with E-state index in [0.717, 1.165) is 66.7 Å². The Hall–Kier alpha value is -2.57. The Labute approximate surface area is 195 Å². The van der Waals surface area contributed by atoms with Gasteiger partial charge in [-0.3, -0.25) is 4.79 Å². The van der Waals surface area contributed by atoms with Crippen LogP contribution < -0.4 is 4.90 Å². The number of benzene rings is 1. The molecule has 4 rings (SSSR count). The summed E-state index contributed by atoms with van der Waals surface area (Å²) in [5.74, 6) is 1.71. The number of anilines is 1. The van der Waals surface area contributed by atoms with Crippen LogP contribution in [0.4, 0.5) is 5.82 Å². The quantitative estimate of drug-likeness (QED) is 0.479. The first-order valence-electron chi connectivity index (χ1n) is 11.4. The molecule has 3 aromatic rings. The summed E-state index contributed by atoms with van der Waals surface area (Å²) in [6.07, 6.45) is 3.69. The van der Waals surface area contributed by atoms with Gasteiger partial charge in [0.2, 0.25) is 0 Å². The summed E-state index contributed by atoms with van der Waals surface area (Å²) in [5.41, 5.74) is 5.30. The summed E-state index contributed by atoms with van der Waals surface area (Å²) in [4.78, 5) is 26.2. The standard InChI is InChI=1S/C26H32N4OS/c1-18(2)13-21-6-5-20(19(3)31)14-23(21)15-26-28-24(17-32-26)22-7-8-25(27-16-22)30-11-9-29(4)10-12-30/h5-8,14,16-18H,9-13,15H2,1-4H3. The van der Waals surface area contributed by atoms with E-state index in [1.807, 2.05) is 18.3 Å². The third-order valence-electron chi connectivity index (χ3n) is 6.01. The number of rotatable bonds is 7. The van der Waals surface area contributed by atoms with E-state index in [0.29, 0.717) is 5.92 Å². The lowest BCUT2D eigenvalue weighted by molar-refractivity contribution is 0.101. The van der Waals surface area contributed by atoms with E-state index < -0.39 is 0 Å². The van der Waals surface area contributed by atoms with Crippen molar-refractivity contribution in [2.45, 2.75) is 33.6 Å². The van der Waals surface area contributed by atoms with Gasteiger partial charge >= 0.3 is 0 Å². The van der Waals surface area contributed by atoms with Crippen molar-refractivity contribution in [3.8, 4) is 11.3 Å². The summed E-state index contributed by atoms with van der Waals surface area (Å²) in [6.45, 7) is 10.3. The van der Waals surface area contributed by atoms with Crippen LogP contribution in [-0.2, 0) is 12.8 Å². The number of carbonyl (C=O) groups is 1. The largest absolute Gasteiger partial charge is 0.354 e. The maximum Gasteiger partial charge on any atom is 0.159 e. The lowest BCUT2D eigenvalue weighted by Gasteiger charge is -2.33. The minimum atomic E-state index is 0.105. The molecule has 168 valence electrons. The van der Waals surface area contributed by atoms with Crippen LogP contribution in [0.25, 0.3) is 11.3 Å². The van der Waals surface area contributed by atoms with Gasteiger partial charge in [0.1, 0.15) is 5.82 Å². The second-order valence-corrected chi connectivity index (χ2v) is 10.1. The predicted octanol–water partition coefficient (Wildman–Crippen LogP) is 4.95. The molecule has 0 N–H and O–H groups in total. The zero-order valence-electron chi connectivity index (χ0n) is 19.5. The molecule has 1 aliphatic rings. The van der Waals surface area contributed by atoms with Crippen molar-refractivity contribution in [3.05, 3.63) is 63.6 Å². The fourth-order valence-electron chi connectivity index (χ4n) is 4.10. The van der Waals surface area contributed by atoms with Crippen LogP contribution in [0.5, 0.6) is 0 Å². The van der Waals surface area contributed by atoms with E-state index >= 15 is 0 Å². The number of hydrogen-bond acceptors (Lipinski definition) is 6. The number of likely N-dealkylation sites (N-methyl/N-ethyl adjacent to an activating group) is 1. The molecule has 0 aliphatic carbocycles. The number of Topliss-reactive ketones (excluding diaryl/α,β-unsaturated/α-hetero) is 1. The maximum absolute atomic E-state index is 11.9. The van der Waals surface area contributed by atoms with Crippen molar-refractivity contribution in [3.63, 3.8) is 0 Å². The highest BCUT2D eigenvalue weighted by atomic mass is 32.1. The average Bonchev–Trinajstić information content (AvgIpc) is 3.24. The summed E-state index contributed by atoms with van der Waals surface area (Å²) in [6, 6.07) is 10.3. The van der Waals surface area contributed by atoms with Crippen molar-refractivity contribution < 1.29 is 4.79 Å². The van der Waals surface area contributed by atoms with E-state index in [-0.39, 0.29) is 5.78 Å². The van der Waals surface area contributed by atoms with Crippen molar-refractivity contribution >= 4 is 22.9 Å². The molecule has 1 aliphatic heterocycles. The summed E-state index contributed by atoms with van der Waals surface area (Å²) in [7, 11) is 2.16. The van der Waals surface area contributed by atoms with Crippen molar-refractivity contribution in [1.29, 1.82) is 0 Å². The predicted molar refractivity (Wildman–Crippen MR) is 133 cm³/mol. The maximum atomic E-state index is 11.9. The monoisotopic (exact) mass is 448 g/mol. The van der Waals surface area contributed by atoms with E-state index in [1.54, 1.807) is 18.3 Å². The van der Waals surface area contributed by atoms with E-state index in [9.17, 15) is 4.79 Å². The highest BCUT2D eigenvalue weighted by Crippen LogP contribution is 2.27. The van der Waals surface area contributed by atoms with Gasteiger partial charge in [-0.2, -0.15) is 0 Å². The Morgan fingerprint density at radius 2 is 1.88 bits per heavy atom. The van der Waals surface area contributed by atoms with Crippen LogP contribution in [0.1, 0.15) is 47.3 Å². The van der Waals surface area contributed by atoms with Crippen molar-refractivity contribution in [2.75, 3.05) is 38.1 Å². The summed E-state index contributed by atoms with van der Waals surface area (Å²) < 4.78 is 0. The molecule has 2 aromatic heterocycles. The molecule has 3 heterocycles. The molecule has 5 nitrogen and oxygen atoms in total. The molecule has 6 heteroatoms. The zero-order valence-corrected chi connectivity index (χ0v) is 20.3. The number of aromatic nitrogens is 2. The third-order valence-corrected chi connectivity index (χ3v) is 6.85. The van der Waals surface area contributed by atoms with E-state index in [4.69, 9.17) is 9.97 Å². The van der Waals surface area contributed by atoms with Crippen LogP contribution in [0.2, 0.25) is 0 Å². The first-order chi connectivity index (χ1) is 15.4. The van der Waals surface area contributed by atoms with Gasteiger partial charge in [-0.25, -0.2) is 9.97 Å². The highest BCUT2D eigenvalue weighted by Gasteiger charge is 2.16. The molecule has 1 fully saturated rings. The number of nitrogens with zero attached hydrogens (tertiary/aromatic N) is 4. The van der Waals surface area contributed by atoms with Crippen LogP contribution in [0, 0.1) is 5.92 Å². The Bertz CT molecular complexity index is 1070. The Kier molecular flexibility index (Phi) is 7.01. The first-order valence-corrected chi connectivity index (χ1v) is 12.2. The molecule has 0 saturated carbocycles. The fraction of sp³-hybridized carbons (Fsp3) is 0.423. The highest BCUT2D eigenvalue weighted by molar-refractivity contribution is 7.10. The normalized spacial score (nSPS) is 14.8. The molecule has 0 amide bonds. The number of carbonyl (C=O) groups excluding carboxylic acids is 1. The van der Waals surface area contributed by atoms with Gasteiger partial charge in [0.25, 0.3) is 0 Å². The van der Waals surface area contributed by atoms with Crippen LogP contribution in [0.3, 0.4) is 0 Å². The number of pyridine rings is 1. The minimum Gasteiger partial charge on any atom is -0.354 e. The van der Waals surface area contributed by atoms with Gasteiger partial charge < -0.3 is 9.80 Å². The molecule has 0 radical (unpaired) electrons. The lowest BCUT2D eigenvalue weighted by Crippen LogP contribution is -2.44. The molecular formula is C26H32N4OS. The van der Waals surface area contributed by atoms with Crippen LogP contribution >= 0.6 is 11.3 Å². The molecule has 1 aromatic carbocycles. The van der Waals surface area contributed by atoms with Gasteiger partial charge in [-0.05, 0) is 55.6 Å². The van der Waals surface area contributed by atoms with E-state index in [1.165, 1.54) is 11.1 Å². The van der Waals surface area contributed by atoms with Crippen molar-refractivity contribution in [2.24, 2.45) is 5.92 Å². The van der Waals surface area contributed by atoms with Gasteiger partial charge in [0.15, 0.2) is 5.78 Å². The number of hydrogen-bond donors (Lipinski definition) is 0. The molecular weight excluding hydrogens is 416 g/mol. The first kappa shape index (κ1) is 22.6. The molecule has 32 heavy (non-hydrogen) atoms. The van der Waals surface area contributed by atoms with Crippen LogP contribution in [-0.4, -0.2) is 53.9 Å². The topological polar surface area (TPSA) is 49.3 Å². The SMILES string of the molecule is CC(=O)c1ccc(CC(C)C)c(Cc2nc(-c3ccc(N4CCN(C)CC4)nc3)cs2)c1. The fourth-order valence-corrected chi connectivity index (χ4v) is 4.92. The molecule has 0 bridgehead atoms. The second kappa shape index (κ2) is 9.92. The molecule has 0 atom stereocenters. The van der Waals surface area contributed by atoms with E-state index in [2.05, 4.69) is 54.3 Å². The summed E-state index contributed by atoms with van der Waals surface area (Å²) in [5, 5.41) is 3.17. The van der Waals surface area contributed by atoms with Crippen molar-refractivity contribution in [1.82, 2.24) is 14.9 Å². The average molecular weight is 449 g/mol. The minimum absolute atomic E-state index is 0.105. The molecule has 0 unspecified atom stereocenters. The number of ketones is 1. The number of piperazine rings is 1. The zero-order chi connectivity index (χ0) is 22.7. The van der Waals surface area contributed by atoms with Gasteiger partial charge in [0, 0.05) is 55.3 Å². The Morgan fingerprint density at radius 3 is 2.53 bits per heavy atom. The Balaban J connectivity index is 1.50. The van der Waals surface area contributed by atoms with Crippen LogP contribution in [0.15, 0.2) is 41.9 Å². The second-order valence-electron chi connectivity index (χ2n) is 9.14. The third kappa shape index (κ3) is 5.43. The lowest BCUT2D eigenvalue weighted by atomic mass is 9.94.